The van der Waals surface area contributed by atoms with Gasteiger partial charge in [0.2, 0.25) is 0 Å². The number of benzene rings is 1. The molecule has 22 heavy (non-hydrogen) atoms. The molecule has 0 spiro atoms. The maximum Gasteiger partial charge on any atom is 0.269 e. The molecule has 0 atom stereocenters. The minimum atomic E-state index is -0.316. The van der Waals surface area contributed by atoms with Crippen molar-refractivity contribution in [2.24, 2.45) is 0 Å². The van der Waals surface area contributed by atoms with Gasteiger partial charge in [-0.25, -0.2) is 0 Å². The zero-order valence-corrected chi connectivity index (χ0v) is 12.7. The number of nitrogens with zero attached hydrogens (tertiary/aromatic N) is 2. The van der Waals surface area contributed by atoms with E-state index in [-0.39, 0.29) is 11.1 Å². The van der Waals surface area contributed by atoms with Crippen LogP contribution < -0.4 is 10.3 Å². The third kappa shape index (κ3) is 3.18. The fraction of sp³-hybridized carbons (Fsp3) is 0.294. The molecule has 2 rings (SSSR count). The molecule has 0 radical (unpaired) electrons. The topological polar surface area (TPSA) is 64.2 Å². The predicted octanol–water partition coefficient (Wildman–Crippen LogP) is 2.43. The van der Waals surface area contributed by atoms with Crippen LogP contribution in [0.2, 0.25) is 0 Å². The first-order chi connectivity index (χ1) is 10.7. The number of pyridine rings is 1. The molecule has 0 aliphatic rings. The molecule has 0 fully saturated rings. The predicted molar refractivity (Wildman–Crippen MR) is 83.9 cm³/mol. The van der Waals surface area contributed by atoms with E-state index >= 15 is 0 Å². The van der Waals surface area contributed by atoms with E-state index < -0.39 is 0 Å². The molecule has 0 saturated heterocycles. The van der Waals surface area contributed by atoms with Gasteiger partial charge < -0.3 is 14.0 Å². The normalized spacial score (nSPS) is 10.2. The molecule has 1 aromatic carbocycles. The molecule has 1 heterocycles. The summed E-state index contributed by atoms with van der Waals surface area (Å²) < 4.78 is 12.3. The second-order valence-corrected chi connectivity index (χ2v) is 4.62. The molecule has 1 aromatic heterocycles. The fourth-order valence-corrected chi connectivity index (χ4v) is 2.26. The molecular formula is C17H18N2O3. The lowest BCUT2D eigenvalue weighted by Crippen LogP contribution is -2.25. The van der Waals surface area contributed by atoms with Gasteiger partial charge in [0, 0.05) is 19.2 Å². The number of para-hydroxylation sites is 1. The summed E-state index contributed by atoms with van der Waals surface area (Å²) in [4.78, 5) is 12.4. The Kier molecular flexibility index (Phi) is 5.34. The standard InChI is InChI=1S/C17H18N2O3/c1-3-22-16-7-5-4-6-14(16)15-9-8-13(12-18)17(20)19(15)10-11-21-2/h4-9H,3,10-11H2,1-2H3. The van der Waals surface area contributed by atoms with Crippen molar-refractivity contribution in [3.8, 4) is 23.1 Å². The van der Waals surface area contributed by atoms with Crippen LogP contribution in [0.5, 0.6) is 5.75 Å². The van der Waals surface area contributed by atoms with Gasteiger partial charge in [-0.15, -0.1) is 0 Å². The minimum absolute atomic E-state index is 0.119. The smallest absolute Gasteiger partial charge is 0.269 e. The van der Waals surface area contributed by atoms with E-state index in [1.54, 1.807) is 23.8 Å². The molecule has 0 unspecified atom stereocenters. The summed E-state index contributed by atoms with van der Waals surface area (Å²) >= 11 is 0. The zero-order valence-electron chi connectivity index (χ0n) is 12.7. The molecule has 0 saturated carbocycles. The summed E-state index contributed by atoms with van der Waals surface area (Å²) in [5, 5.41) is 9.05. The minimum Gasteiger partial charge on any atom is -0.493 e. The zero-order chi connectivity index (χ0) is 15.9. The summed E-state index contributed by atoms with van der Waals surface area (Å²) in [6.45, 7) is 3.21. The van der Waals surface area contributed by atoms with Gasteiger partial charge in [0.15, 0.2) is 0 Å². The second-order valence-electron chi connectivity index (χ2n) is 4.62. The van der Waals surface area contributed by atoms with Crippen LogP contribution in [0.3, 0.4) is 0 Å². The summed E-state index contributed by atoms with van der Waals surface area (Å²) in [6, 6.07) is 12.8. The number of hydrogen-bond donors (Lipinski definition) is 0. The van der Waals surface area contributed by atoms with Crippen molar-refractivity contribution in [3.63, 3.8) is 0 Å². The van der Waals surface area contributed by atoms with E-state index in [1.165, 1.54) is 0 Å². The van der Waals surface area contributed by atoms with E-state index in [9.17, 15) is 4.79 Å². The third-order valence-electron chi connectivity index (χ3n) is 3.28. The first-order valence-corrected chi connectivity index (χ1v) is 7.08. The number of ether oxygens (including phenoxy) is 2. The number of rotatable bonds is 6. The van der Waals surface area contributed by atoms with Crippen LogP contribution in [0, 0.1) is 11.3 Å². The first-order valence-electron chi connectivity index (χ1n) is 7.08. The highest BCUT2D eigenvalue weighted by molar-refractivity contribution is 5.68. The Labute approximate surface area is 129 Å². The lowest BCUT2D eigenvalue weighted by Gasteiger charge is -2.16. The largest absolute Gasteiger partial charge is 0.493 e. The summed E-state index contributed by atoms with van der Waals surface area (Å²) in [5.41, 5.74) is 1.34. The SMILES string of the molecule is CCOc1ccccc1-c1ccc(C#N)c(=O)n1CCOC. The third-order valence-corrected chi connectivity index (χ3v) is 3.28. The van der Waals surface area contributed by atoms with Crippen LogP contribution >= 0.6 is 0 Å². The van der Waals surface area contributed by atoms with Gasteiger partial charge >= 0.3 is 0 Å². The van der Waals surface area contributed by atoms with Gasteiger partial charge in [-0.05, 0) is 31.2 Å². The molecule has 5 heteroatoms. The molecule has 0 N–H and O–H groups in total. The van der Waals surface area contributed by atoms with E-state index in [4.69, 9.17) is 14.7 Å². The lowest BCUT2D eigenvalue weighted by molar-refractivity contribution is 0.186. The van der Waals surface area contributed by atoms with Gasteiger partial charge in [-0.3, -0.25) is 4.79 Å². The van der Waals surface area contributed by atoms with E-state index in [0.29, 0.717) is 31.2 Å². The Morgan fingerprint density at radius 1 is 1.23 bits per heavy atom. The van der Waals surface area contributed by atoms with Gasteiger partial charge in [0.25, 0.3) is 5.56 Å². The van der Waals surface area contributed by atoms with Crippen LogP contribution in [0.4, 0.5) is 0 Å². The van der Waals surface area contributed by atoms with E-state index in [2.05, 4.69) is 0 Å². The van der Waals surface area contributed by atoms with Crippen LogP contribution in [-0.4, -0.2) is 24.9 Å². The van der Waals surface area contributed by atoms with Gasteiger partial charge in [0.1, 0.15) is 17.4 Å². The van der Waals surface area contributed by atoms with E-state index in [1.807, 2.05) is 37.3 Å². The summed E-state index contributed by atoms with van der Waals surface area (Å²) in [6.07, 6.45) is 0. The molecule has 5 nitrogen and oxygen atoms in total. The van der Waals surface area contributed by atoms with Gasteiger partial charge in [-0.1, -0.05) is 12.1 Å². The lowest BCUT2D eigenvalue weighted by atomic mass is 10.1. The first kappa shape index (κ1) is 15.8. The average molecular weight is 298 g/mol. The Morgan fingerprint density at radius 2 is 2.00 bits per heavy atom. The number of hydrogen-bond acceptors (Lipinski definition) is 4. The average Bonchev–Trinajstić information content (AvgIpc) is 2.54. The van der Waals surface area contributed by atoms with E-state index in [0.717, 1.165) is 5.56 Å². The molecule has 0 aliphatic heterocycles. The number of methoxy groups -OCH3 is 1. The molecule has 2 aromatic rings. The van der Waals surface area contributed by atoms with Gasteiger partial charge in [-0.2, -0.15) is 5.26 Å². The maximum absolute atomic E-state index is 12.4. The Hall–Kier alpha value is -2.58. The highest BCUT2D eigenvalue weighted by atomic mass is 16.5. The van der Waals surface area contributed by atoms with Crippen molar-refractivity contribution in [1.82, 2.24) is 4.57 Å². The van der Waals surface area contributed by atoms with Crippen molar-refractivity contribution in [2.75, 3.05) is 20.3 Å². The van der Waals surface area contributed by atoms with Crippen LogP contribution in [0.1, 0.15) is 12.5 Å². The van der Waals surface area contributed by atoms with Crippen molar-refractivity contribution < 1.29 is 9.47 Å². The highest BCUT2D eigenvalue weighted by Gasteiger charge is 2.13. The van der Waals surface area contributed by atoms with Crippen molar-refractivity contribution in [2.45, 2.75) is 13.5 Å². The summed E-state index contributed by atoms with van der Waals surface area (Å²) in [5.74, 6) is 0.709. The second kappa shape index (κ2) is 7.43. The molecular weight excluding hydrogens is 280 g/mol. The van der Waals surface area contributed by atoms with Crippen molar-refractivity contribution >= 4 is 0 Å². The fourth-order valence-electron chi connectivity index (χ4n) is 2.26. The summed E-state index contributed by atoms with van der Waals surface area (Å²) in [7, 11) is 1.58. The molecule has 0 bridgehead atoms. The molecule has 114 valence electrons. The van der Waals surface area contributed by atoms with Crippen molar-refractivity contribution in [3.05, 3.63) is 52.3 Å². The monoisotopic (exact) mass is 298 g/mol. The number of nitriles is 1. The number of aromatic nitrogens is 1. The van der Waals surface area contributed by atoms with Crippen LogP contribution in [0.25, 0.3) is 11.3 Å². The highest BCUT2D eigenvalue weighted by Crippen LogP contribution is 2.29. The van der Waals surface area contributed by atoms with Crippen LogP contribution in [0.15, 0.2) is 41.2 Å². The molecule has 0 amide bonds. The maximum atomic E-state index is 12.4. The van der Waals surface area contributed by atoms with Gasteiger partial charge in [0.05, 0.1) is 18.9 Å². The van der Waals surface area contributed by atoms with Crippen molar-refractivity contribution in [1.29, 1.82) is 5.26 Å². The van der Waals surface area contributed by atoms with Crippen LogP contribution in [-0.2, 0) is 11.3 Å². The quantitative estimate of drug-likeness (QED) is 0.821. The Balaban J connectivity index is 2.62. The molecule has 0 aliphatic carbocycles. The Morgan fingerprint density at radius 3 is 2.68 bits per heavy atom. The Bertz CT molecular complexity index is 744.